The Bertz CT molecular complexity index is 475. The zero-order valence-electron chi connectivity index (χ0n) is 14.7. The van der Waals surface area contributed by atoms with Gasteiger partial charge in [0.25, 0.3) is 0 Å². The molecule has 0 aromatic heterocycles. The summed E-state index contributed by atoms with van der Waals surface area (Å²) in [6, 6.07) is 11.2. The predicted molar refractivity (Wildman–Crippen MR) is 110 cm³/mol. The standard InChI is InChI=1S/C18H29FN4.HI/c1-3-17(16-8-5-4-6-9-16)22-12-14-23(15-13-22)18(20-2)21-11-7-10-19;/h4-6,8-9,17H,3,7,10-15H2,1-2H3,(H,20,21);1H. The van der Waals surface area contributed by atoms with Gasteiger partial charge in [0, 0.05) is 45.8 Å². The third-order valence-corrected chi connectivity index (χ3v) is 4.43. The first kappa shape index (κ1) is 21.2. The average Bonchev–Trinajstić information content (AvgIpc) is 2.61. The summed E-state index contributed by atoms with van der Waals surface area (Å²) in [5, 5.41) is 3.25. The normalized spacial score (nSPS) is 17.3. The highest BCUT2D eigenvalue weighted by Crippen LogP contribution is 2.25. The second kappa shape index (κ2) is 11.6. The first-order valence-electron chi connectivity index (χ1n) is 8.60. The Labute approximate surface area is 162 Å². The first-order chi connectivity index (χ1) is 11.3. The molecule has 1 N–H and O–H groups in total. The highest BCUT2D eigenvalue weighted by atomic mass is 127. The lowest BCUT2D eigenvalue weighted by atomic mass is 10.0. The van der Waals surface area contributed by atoms with Crippen molar-refractivity contribution >= 4 is 29.9 Å². The van der Waals surface area contributed by atoms with E-state index in [0.717, 1.165) is 38.6 Å². The molecule has 1 aromatic rings. The molecule has 2 rings (SSSR count). The maximum Gasteiger partial charge on any atom is 0.193 e. The van der Waals surface area contributed by atoms with Gasteiger partial charge in [0.2, 0.25) is 0 Å². The quantitative estimate of drug-likeness (QED) is 0.314. The lowest BCUT2D eigenvalue weighted by molar-refractivity contribution is 0.127. The average molecular weight is 448 g/mol. The third kappa shape index (κ3) is 5.88. The molecule has 1 unspecified atom stereocenters. The molecule has 136 valence electrons. The summed E-state index contributed by atoms with van der Waals surface area (Å²) in [4.78, 5) is 9.15. The molecular formula is C18H30FIN4. The molecule has 6 heteroatoms. The van der Waals surface area contributed by atoms with E-state index in [2.05, 4.69) is 57.4 Å². The van der Waals surface area contributed by atoms with Gasteiger partial charge in [-0.2, -0.15) is 0 Å². The molecule has 1 aliphatic rings. The fourth-order valence-corrected chi connectivity index (χ4v) is 3.22. The number of nitrogens with zero attached hydrogens (tertiary/aromatic N) is 3. The first-order valence-corrected chi connectivity index (χ1v) is 8.60. The van der Waals surface area contributed by atoms with Crippen molar-refractivity contribution in [3.05, 3.63) is 35.9 Å². The molecule has 1 heterocycles. The number of aliphatic imine (C=N–C) groups is 1. The van der Waals surface area contributed by atoms with Gasteiger partial charge in [0.05, 0.1) is 6.67 Å². The summed E-state index contributed by atoms with van der Waals surface area (Å²) in [6.45, 7) is 6.57. The lowest BCUT2D eigenvalue weighted by Gasteiger charge is -2.40. The lowest BCUT2D eigenvalue weighted by Crippen LogP contribution is -2.53. The molecule has 0 spiro atoms. The Balaban J connectivity index is 0.00000288. The number of piperazine rings is 1. The maximum absolute atomic E-state index is 12.2. The van der Waals surface area contributed by atoms with Crippen LogP contribution in [0.5, 0.6) is 0 Å². The topological polar surface area (TPSA) is 30.9 Å². The molecule has 4 nitrogen and oxygen atoms in total. The van der Waals surface area contributed by atoms with Crippen molar-refractivity contribution in [3.63, 3.8) is 0 Å². The van der Waals surface area contributed by atoms with Gasteiger partial charge in [0.15, 0.2) is 5.96 Å². The van der Waals surface area contributed by atoms with Crippen LogP contribution in [0, 0.1) is 0 Å². The van der Waals surface area contributed by atoms with Crippen LogP contribution in [0.15, 0.2) is 35.3 Å². The molecule has 0 bridgehead atoms. The van der Waals surface area contributed by atoms with Gasteiger partial charge in [0.1, 0.15) is 0 Å². The number of rotatable bonds is 6. The van der Waals surface area contributed by atoms with E-state index in [1.54, 1.807) is 7.05 Å². The molecule has 1 aromatic carbocycles. The Hall–Kier alpha value is -0.890. The molecule has 1 fully saturated rings. The largest absolute Gasteiger partial charge is 0.356 e. The number of hydrogen-bond donors (Lipinski definition) is 1. The van der Waals surface area contributed by atoms with Gasteiger partial charge in [-0.1, -0.05) is 37.3 Å². The van der Waals surface area contributed by atoms with Crippen LogP contribution in [-0.4, -0.2) is 62.2 Å². The summed E-state index contributed by atoms with van der Waals surface area (Å²) in [5.74, 6) is 0.894. The van der Waals surface area contributed by atoms with Crippen LogP contribution < -0.4 is 5.32 Å². The van der Waals surface area contributed by atoms with Crippen LogP contribution in [0.3, 0.4) is 0 Å². The van der Waals surface area contributed by atoms with Crippen molar-refractivity contribution in [1.29, 1.82) is 0 Å². The van der Waals surface area contributed by atoms with Crippen molar-refractivity contribution in [2.45, 2.75) is 25.8 Å². The number of guanidine groups is 1. The summed E-state index contributed by atoms with van der Waals surface area (Å²) >= 11 is 0. The van der Waals surface area contributed by atoms with E-state index in [9.17, 15) is 4.39 Å². The van der Waals surface area contributed by atoms with Crippen LogP contribution in [0.4, 0.5) is 4.39 Å². The predicted octanol–water partition coefficient (Wildman–Crippen LogP) is 3.31. The fourth-order valence-electron chi connectivity index (χ4n) is 3.22. The van der Waals surface area contributed by atoms with Gasteiger partial charge in [-0.15, -0.1) is 24.0 Å². The summed E-state index contributed by atoms with van der Waals surface area (Å²) in [5.41, 5.74) is 1.40. The van der Waals surface area contributed by atoms with Crippen LogP contribution in [0.25, 0.3) is 0 Å². The third-order valence-electron chi connectivity index (χ3n) is 4.43. The van der Waals surface area contributed by atoms with E-state index in [4.69, 9.17) is 0 Å². The van der Waals surface area contributed by atoms with E-state index in [1.165, 1.54) is 5.56 Å². The highest BCUT2D eigenvalue weighted by Gasteiger charge is 2.25. The van der Waals surface area contributed by atoms with Crippen molar-refractivity contribution in [2.75, 3.05) is 46.4 Å². The maximum atomic E-state index is 12.2. The summed E-state index contributed by atoms with van der Waals surface area (Å²) < 4.78 is 12.2. The van der Waals surface area contributed by atoms with Crippen molar-refractivity contribution in [3.8, 4) is 0 Å². The van der Waals surface area contributed by atoms with E-state index in [-0.39, 0.29) is 30.7 Å². The molecule has 24 heavy (non-hydrogen) atoms. The smallest absolute Gasteiger partial charge is 0.193 e. The Morgan fingerprint density at radius 2 is 1.88 bits per heavy atom. The minimum atomic E-state index is -0.285. The number of nitrogens with one attached hydrogen (secondary N) is 1. The minimum absolute atomic E-state index is 0. The van der Waals surface area contributed by atoms with Gasteiger partial charge in [-0.05, 0) is 18.4 Å². The van der Waals surface area contributed by atoms with Gasteiger partial charge in [-0.25, -0.2) is 0 Å². The number of alkyl halides is 1. The van der Waals surface area contributed by atoms with Crippen LogP contribution in [0.2, 0.25) is 0 Å². The Morgan fingerprint density at radius 3 is 2.42 bits per heavy atom. The Kier molecular flexibility index (Phi) is 10.2. The number of halogens is 2. The van der Waals surface area contributed by atoms with Gasteiger partial charge >= 0.3 is 0 Å². The van der Waals surface area contributed by atoms with E-state index in [0.29, 0.717) is 19.0 Å². The van der Waals surface area contributed by atoms with Crippen molar-refractivity contribution in [2.24, 2.45) is 4.99 Å². The molecule has 0 radical (unpaired) electrons. The van der Waals surface area contributed by atoms with E-state index in [1.807, 2.05) is 0 Å². The second-order valence-electron chi connectivity index (χ2n) is 5.87. The zero-order valence-corrected chi connectivity index (χ0v) is 17.1. The Morgan fingerprint density at radius 1 is 1.21 bits per heavy atom. The SMILES string of the molecule is CCC(c1ccccc1)N1CCN(C(=NC)NCCCF)CC1.I. The monoisotopic (exact) mass is 448 g/mol. The van der Waals surface area contributed by atoms with Crippen LogP contribution in [-0.2, 0) is 0 Å². The van der Waals surface area contributed by atoms with E-state index < -0.39 is 0 Å². The number of benzene rings is 1. The van der Waals surface area contributed by atoms with Crippen molar-refractivity contribution in [1.82, 2.24) is 15.1 Å². The molecule has 0 saturated carbocycles. The molecule has 1 saturated heterocycles. The van der Waals surface area contributed by atoms with Gasteiger partial charge in [-0.3, -0.25) is 14.3 Å². The second-order valence-corrected chi connectivity index (χ2v) is 5.87. The molecular weight excluding hydrogens is 418 g/mol. The summed E-state index contributed by atoms with van der Waals surface area (Å²) in [7, 11) is 1.79. The highest BCUT2D eigenvalue weighted by molar-refractivity contribution is 14.0. The molecule has 1 aliphatic heterocycles. The minimum Gasteiger partial charge on any atom is -0.356 e. The summed E-state index contributed by atoms with van der Waals surface area (Å²) in [6.07, 6.45) is 1.65. The zero-order chi connectivity index (χ0) is 16.5. The molecule has 0 amide bonds. The van der Waals surface area contributed by atoms with Crippen molar-refractivity contribution < 1.29 is 4.39 Å². The fraction of sp³-hybridized carbons (Fsp3) is 0.611. The van der Waals surface area contributed by atoms with E-state index >= 15 is 0 Å². The van der Waals surface area contributed by atoms with Gasteiger partial charge < -0.3 is 10.2 Å². The van der Waals surface area contributed by atoms with Crippen LogP contribution >= 0.6 is 24.0 Å². The van der Waals surface area contributed by atoms with Crippen LogP contribution in [0.1, 0.15) is 31.4 Å². The molecule has 0 aliphatic carbocycles. The molecule has 1 atom stereocenters. The number of hydrogen-bond acceptors (Lipinski definition) is 2.